The fourth-order valence-corrected chi connectivity index (χ4v) is 3.76. The average Bonchev–Trinajstić information content (AvgIpc) is 2.45. The SMILES string of the molecule is COC(=O)C1(N)CSC1.COC(=O)C1(NC(=O)OC(C)(C)C)CSC1. The molecule has 2 fully saturated rings. The number of ether oxygens (including phenoxy) is 3. The first-order valence-electron chi connectivity index (χ1n) is 7.60. The van der Waals surface area contributed by atoms with Crippen LogP contribution in [0.15, 0.2) is 0 Å². The number of methoxy groups -OCH3 is 2. The summed E-state index contributed by atoms with van der Waals surface area (Å²) in [6, 6.07) is 0. The molecule has 0 aromatic heterocycles. The lowest BCUT2D eigenvalue weighted by Crippen LogP contribution is -2.64. The van der Waals surface area contributed by atoms with Gasteiger partial charge in [0.05, 0.1) is 14.2 Å². The van der Waals surface area contributed by atoms with Crippen molar-refractivity contribution < 1.29 is 28.6 Å². The third kappa shape index (κ3) is 5.96. The van der Waals surface area contributed by atoms with Crippen molar-refractivity contribution >= 4 is 41.6 Å². The van der Waals surface area contributed by atoms with Gasteiger partial charge in [-0.3, -0.25) is 4.79 Å². The van der Waals surface area contributed by atoms with Crippen LogP contribution in [-0.2, 0) is 23.8 Å². The average molecular weight is 395 g/mol. The van der Waals surface area contributed by atoms with E-state index in [-0.39, 0.29) is 5.97 Å². The number of rotatable bonds is 3. The largest absolute Gasteiger partial charge is 0.468 e. The Morgan fingerprint density at radius 1 is 0.960 bits per heavy atom. The summed E-state index contributed by atoms with van der Waals surface area (Å²) >= 11 is 3.24. The van der Waals surface area contributed by atoms with Crippen molar-refractivity contribution in [2.24, 2.45) is 5.73 Å². The number of amides is 1. The molecule has 0 aliphatic carbocycles. The smallest absolute Gasteiger partial charge is 0.408 e. The first-order chi connectivity index (χ1) is 11.5. The van der Waals surface area contributed by atoms with Gasteiger partial charge in [-0.2, -0.15) is 23.5 Å². The molecule has 0 aromatic carbocycles. The highest BCUT2D eigenvalue weighted by Crippen LogP contribution is 2.31. The van der Waals surface area contributed by atoms with Crippen LogP contribution in [0.2, 0.25) is 0 Å². The molecule has 3 N–H and O–H groups in total. The summed E-state index contributed by atoms with van der Waals surface area (Å²) < 4.78 is 14.2. The molecular formula is C15H26N2O6S2. The summed E-state index contributed by atoms with van der Waals surface area (Å²) in [5.41, 5.74) is 3.42. The van der Waals surface area contributed by atoms with E-state index in [4.69, 9.17) is 10.5 Å². The van der Waals surface area contributed by atoms with E-state index in [9.17, 15) is 14.4 Å². The molecule has 8 nitrogen and oxygen atoms in total. The van der Waals surface area contributed by atoms with Crippen LogP contribution in [0.1, 0.15) is 20.8 Å². The first kappa shape index (κ1) is 21.9. The summed E-state index contributed by atoms with van der Waals surface area (Å²) in [4.78, 5) is 33.8. The van der Waals surface area contributed by atoms with E-state index >= 15 is 0 Å². The maximum Gasteiger partial charge on any atom is 0.408 e. The van der Waals surface area contributed by atoms with Crippen molar-refractivity contribution in [1.29, 1.82) is 0 Å². The zero-order chi connectivity index (χ0) is 19.3. The lowest BCUT2D eigenvalue weighted by Gasteiger charge is -2.38. The minimum atomic E-state index is -0.901. The van der Waals surface area contributed by atoms with Crippen molar-refractivity contribution in [3.63, 3.8) is 0 Å². The normalized spacial score (nSPS) is 19.8. The molecule has 0 radical (unpaired) electrons. The zero-order valence-corrected chi connectivity index (χ0v) is 16.8. The molecule has 0 aromatic rings. The number of thioether (sulfide) groups is 2. The highest BCUT2D eigenvalue weighted by atomic mass is 32.2. The molecule has 2 saturated heterocycles. The Morgan fingerprint density at radius 2 is 1.44 bits per heavy atom. The van der Waals surface area contributed by atoms with E-state index in [1.807, 2.05) is 0 Å². The number of hydrogen-bond donors (Lipinski definition) is 2. The van der Waals surface area contributed by atoms with Gasteiger partial charge in [-0.25, -0.2) is 9.59 Å². The third-order valence-corrected chi connectivity index (χ3v) is 6.16. The molecule has 0 saturated carbocycles. The Labute approximate surface area is 156 Å². The second kappa shape index (κ2) is 8.50. The number of esters is 2. The highest BCUT2D eigenvalue weighted by molar-refractivity contribution is 8.01. The maximum absolute atomic E-state index is 11.5. The number of carbonyl (C=O) groups is 3. The fraction of sp³-hybridized carbons (Fsp3) is 0.800. The predicted molar refractivity (Wildman–Crippen MR) is 97.7 cm³/mol. The number of carbonyl (C=O) groups excluding carboxylic acids is 3. The molecule has 0 atom stereocenters. The van der Waals surface area contributed by atoms with E-state index in [1.54, 1.807) is 44.3 Å². The van der Waals surface area contributed by atoms with E-state index in [0.29, 0.717) is 23.0 Å². The third-order valence-electron chi connectivity index (χ3n) is 3.32. The monoisotopic (exact) mass is 394 g/mol. The quantitative estimate of drug-likeness (QED) is 0.529. The molecule has 1 amide bonds. The highest BCUT2D eigenvalue weighted by Gasteiger charge is 2.48. The van der Waals surface area contributed by atoms with E-state index in [1.165, 1.54) is 14.2 Å². The van der Waals surface area contributed by atoms with Crippen molar-refractivity contribution in [2.75, 3.05) is 37.2 Å². The number of alkyl carbamates (subject to hydrolysis) is 1. The second-order valence-corrected chi connectivity index (χ2v) is 8.81. The minimum absolute atomic E-state index is 0.291. The number of nitrogens with two attached hydrogens (primary N) is 1. The molecule has 10 heteroatoms. The minimum Gasteiger partial charge on any atom is -0.468 e. The molecule has 2 rings (SSSR count). The molecule has 25 heavy (non-hydrogen) atoms. The van der Waals surface area contributed by atoms with Gasteiger partial charge in [0.1, 0.15) is 11.1 Å². The lowest BCUT2D eigenvalue weighted by molar-refractivity contribution is -0.147. The van der Waals surface area contributed by atoms with Gasteiger partial charge in [0.25, 0.3) is 0 Å². The van der Waals surface area contributed by atoms with Gasteiger partial charge in [-0.05, 0) is 20.8 Å². The Hall–Kier alpha value is -1.13. The van der Waals surface area contributed by atoms with Crippen LogP contribution >= 0.6 is 23.5 Å². The maximum atomic E-state index is 11.5. The molecular weight excluding hydrogens is 368 g/mol. The molecule has 0 unspecified atom stereocenters. The van der Waals surface area contributed by atoms with Crippen molar-refractivity contribution in [2.45, 2.75) is 37.5 Å². The summed E-state index contributed by atoms with van der Waals surface area (Å²) in [5.74, 6) is 1.73. The van der Waals surface area contributed by atoms with Gasteiger partial charge in [-0.15, -0.1) is 0 Å². The molecule has 2 aliphatic rings. The molecule has 2 heterocycles. The Kier molecular flexibility index (Phi) is 7.45. The van der Waals surface area contributed by atoms with E-state index in [2.05, 4.69) is 14.8 Å². The topological polar surface area (TPSA) is 117 Å². The van der Waals surface area contributed by atoms with Crippen LogP contribution in [0, 0.1) is 0 Å². The Morgan fingerprint density at radius 3 is 1.68 bits per heavy atom. The van der Waals surface area contributed by atoms with Crippen LogP contribution in [-0.4, -0.2) is 71.9 Å². The first-order valence-corrected chi connectivity index (χ1v) is 9.91. The summed E-state index contributed by atoms with van der Waals surface area (Å²) in [7, 11) is 2.67. The molecule has 0 bridgehead atoms. The Balaban J connectivity index is 0.000000293. The number of nitrogens with one attached hydrogen (secondary N) is 1. The van der Waals surface area contributed by atoms with Crippen LogP contribution in [0.5, 0.6) is 0 Å². The van der Waals surface area contributed by atoms with E-state index < -0.39 is 28.7 Å². The lowest BCUT2D eigenvalue weighted by atomic mass is 10.1. The van der Waals surface area contributed by atoms with Crippen LogP contribution in [0.4, 0.5) is 4.79 Å². The molecule has 144 valence electrons. The van der Waals surface area contributed by atoms with Crippen LogP contribution in [0.3, 0.4) is 0 Å². The van der Waals surface area contributed by atoms with Gasteiger partial charge in [0, 0.05) is 23.0 Å². The van der Waals surface area contributed by atoms with Gasteiger partial charge in [0.2, 0.25) is 0 Å². The molecule has 0 spiro atoms. The van der Waals surface area contributed by atoms with E-state index in [0.717, 1.165) is 0 Å². The van der Waals surface area contributed by atoms with Crippen molar-refractivity contribution in [3.05, 3.63) is 0 Å². The van der Waals surface area contributed by atoms with Gasteiger partial charge < -0.3 is 25.3 Å². The second-order valence-electron chi connectivity index (χ2n) is 6.83. The van der Waals surface area contributed by atoms with Crippen LogP contribution in [0.25, 0.3) is 0 Å². The van der Waals surface area contributed by atoms with Gasteiger partial charge >= 0.3 is 18.0 Å². The van der Waals surface area contributed by atoms with Crippen molar-refractivity contribution in [1.82, 2.24) is 5.32 Å². The summed E-state index contributed by atoms with van der Waals surface area (Å²) in [5, 5.41) is 2.58. The molecule has 2 aliphatic heterocycles. The predicted octanol–water partition coefficient (Wildman–Crippen LogP) is 0.773. The number of hydrogen-bond acceptors (Lipinski definition) is 9. The summed E-state index contributed by atoms with van der Waals surface area (Å²) in [6.45, 7) is 5.31. The van der Waals surface area contributed by atoms with Gasteiger partial charge in [-0.1, -0.05) is 0 Å². The summed E-state index contributed by atoms with van der Waals surface area (Å²) in [6.07, 6.45) is -0.585. The zero-order valence-electron chi connectivity index (χ0n) is 15.2. The standard InChI is InChI=1S/C10H17NO4S.C5H9NO2S/c1-9(2,3)15-8(13)11-10(5-16-6-10)7(12)14-4;1-8-4(7)5(6)2-9-3-5/h5-6H2,1-4H3,(H,11,13);2-3,6H2,1H3. The van der Waals surface area contributed by atoms with Crippen molar-refractivity contribution in [3.8, 4) is 0 Å². The van der Waals surface area contributed by atoms with Gasteiger partial charge in [0.15, 0.2) is 5.54 Å². The van der Waals surface area contributed by atoms with Crippen LogP contribution < -0.4 is 11.1 Å². The fourth-order valence-electron chi connectivity index (χ4n) is 1.88. The Bertz CT molecular complexity index is 513.